The zero-order valence-corrected chi connectivity index (χ0v) is 20.8. The molecule has 1 aromatic heterocycles. The van der Waals surface area contributed by atoms with Gasteiger partial charge in [-0.3, -0.25) is 9.59 Å². The first-order chi connectivity index (χ1) is 18.3. The second kappa shape index (κ2) is 11.8. The van der Waals surface area contributed by atoms with Gasteiger partial charge in [0, 0.05) is 23.7 Å². The zero-order chi connectivity index (χ0) is 27.1. The first-order valence-electron chi connectivity index (χ1n) is 12.2. The van der Waals surface area contributed by atoms with E-state index in [1.165, 1.54) is 17.0 Å². The second-order valence-corrected chi connectivity index (χ2v) is 8.74. The predicted molar refractivity (Wildman–Crippen MR) is 140 cm³/mol. The minimum atomic E-state index is -4.58. The highest BCUT2D eigenvalue weighted by atomic mass is 19.4. The third-order valence-corrected chi connectivity index (χ3v) is 5.89. The van der Waals surface area contributed by atoms with Crippen molar-refractivity contribution in [2.45, 2.75) is 25.9 Å². The number of halogens is 3. The van der Waals surface area contributed by atoms with Crippen LogP contribution < -0.4 is 5.32 Å². The number of carbonyl (C=O) groups is 2. The maximum Gasteiger partial charge on any atom is 0.416 e. The summed E-state index contributed by atoms with van der Waals surface area (Å²) in [7, 11) is 0. The molecule has 0 saturated carbocycles. The van der Waals surface area contributed by atoms with Crippen molar-refractivity contribution >= 4 is 17.6 Å². The van der Waals surface area contributed by atoms with Gasteiger partial charge in [0.25, 0.3) is 5.91 Å². The van der Waals surface area contributed by atoms with Crippen LogP contribution in [0.1, 0.15) is 35.7 Å². The van der Waals surface area contributed by atoms with E-state index in [0.717, 1.165) is 29.8 Å². The molecular weight excluding hydrogens is 493 g/mol. The summed E-state index contributed by atoms with van der Waals surface area (Å²) in [4.78, 5) is 27.6. The van der Waals surface area contributed by atoms with E-state index < -0.39 is 23.6 Å². The number of unbranched alkanes of at least 4 members (excludes halogenated alkanes) is 1. The average Bonchev–Trinajstić information content (AvgIpc) is 3.34. The van der Waals surface area contributed by atoms with E-state index in [2.05, 4.69) is 10.4 Å². The van der Waals surface area contributed by atoms with Crippen LogP contribution in [0.5, 0.6) is 0 Å². The monoisotopic (exact) mass is 520 g/mol. The van der Waals surface area contributed by atoms with E-state index in [1.807, 2.05) is 67.6 Å². The smallest absolute Gasteiger partial charge is 0.329 e. The molecule has 1 heterocycles. The lowest BCUT2D eigenvalue weighted by Crippen LogP contribution is -2.39. The zero-order valence-electron chi connectivity index (χ0n) is 20.8. The van der Waals surface area contributed by atoms with Crippen LogP contribution in [-0.2, 0) is 11.0 Å². The van der Waals surface area contributed by atoms with Gasteiger partial charge >= 0.3 is 6.18 Å². The summed E-state index contributed by atoms with van der Waals surface area (Å²) in [6, 6.07) is 24.7. The second-order valence-electron chi connectivity index (χ2n) is 8.74. The first-order valence-corrected chi connectivity index (χ1v) is 12.2. The van der Waals surface area contributed by atoms with E-state index in [1.54, 1.807) is 10.7 Å². The number of carbonyl (C=O) groups excluding carboxylic acids is 2. The molecule has 0 aliphatic rings. The molecule has 0 spiro atoms. The highest BCUT2D eigenvalue weighted by molar-refractivity contribution is 5.99. The lowest BCUT2D eigenvalue weighted by molar-refractivity contribution is -0.137. The highest BCUT2D eigenvalue weighted by Crippen LogP contribution is 2.30. The highest BCUT2D eigenvalue weighted by Gasteiger charge is 2.31. The Morgan fingerprint density at radius 3 is 2.26 bits per heavy atom. The van der Waals surface area contributed by atoms with Crippen LogP contribution in [0, 0.1) is 0 Å². The maximum absolute atomic E-state index is 13.2. The number of anilines is 1. The standard InChI is InChI=1S/C29H27F3N4O2/c1-2-3-17-35(28(38)22-13-10-14-23(18-22)29(30,31)32)20-27(37)33-26-19-25(21-11-6-4-7-12-21)34-36(26)24-15-8-5-9-16-24/h4-16,18-19H,2-3,17,20H2,1H3,(H,33,37). The maximum atomic E-state index is 13.2. The number of nitrogens with zero attached hydrogens (tertiary/aromatic N) is 3. The van der Waals surface area contributed by atoms with Gasteiger partial charge in [-0.15, -0.1) is 0 Å². The molecule has 0 atom stereocenters. The Kier molecular flexibility index (Phi) is 8.25. The van der Waals surface area contributed by atoms with E-state index in [9.17, 15) is 22.8 Å². The molecule has 3 aromatic carbocycles. The van der Waals surface area contributed by atoms with Crippen molar-refractivity contribution in [3.8, 4) is 16.9 Å². The minimum Gasteiger partial charge on any atom is -0.329 e. The molecule has 9 heteroatoms. The molecule has 0 radical (unpaired) electrons. The fourth-order valence-electron chi connectivity index (χ4n) is 3.95. The number of benzene rings is 3. The number of nitrogens with one attached hydrogen (secondary N) is 1. The predicted octanol–water partition coefficient (Wildman–Crippen LogP) is 6.44. The number of amides is 2. The van der Waals surface area contributed by atoms with Gasteiger partial charge in [0.05, 0.1) is 16.9 Å². The third-order valence-electron chi connectivity index (χ3n) is 5.89. The molecule has 4 aromatic rings. The Labute approximate surface area is 218 Å². The van der Waals surface area contributed by atoms with E-state index >= 15 is 0 Å². The van der Waals surface area contributed by atoms with Crippen molar-refractivity contribution in [2.75, 3.05) is 18.4 Å². The van der Waals surface area contributed by atoms with E-state index in [-0.39, 0.29) is 18.7 Å². The molecule has 0 fully saturated rings. The molecule has 6 nitrogen and oxygen atoms in total. The van der Waals surface area contributed by atoms with Crippen LogP contribution in [0.15, 0.2) is 91.0 Å². The van der Waals surface area contributed by atoms with Crippen molar-refractivity contribution in [3.05, 3.63) is 102 Å². The van der Waals surface area contributed by atoms with E-state index in [0.29, 0.717) is 17.9 Å². The largest absolute Gasteiger partial charge is 0.416 e. The molecule has 196 valence electrons. The molecule has 0 aliphatic heterocycles. The Hall–Kier alpha value is -4.40. The van der Waals surface area contributed by atoms with Gasteiger partial charge < -0.3 is 10.2 Å². The third kappa shape index (κ3) is 6.47. The number of hydrogen-bond donors (Lipinski definition) is 1. The number of rotatable bonds is 9. The van der Waals surface area contributed by atoms with Crippen LogP contribution >= 0.6 is 0 Å². The van der Waals surface area contributed by atoms with Crippen molar-refractivity contribution in [3.63, 3.8) is 0 Å². The number of para-hydroxylation sites is 1. The van der Waals surface area contributed by atoms with Gasteiger partial charge in [-0.2, -0.15) is 18.3 Å². The van der Waals surface area contributed by atoms with Gasteiger partial charge in [0.2, 0.25) is 5.91 Å². The lowest BCUT2D eigenvalue weighted by atomic mass is 10.1. The molecule has 0 aliphatic carbocycles. The van der Waals surface area contributed by atoms with Crippen LogP contribution in [0.2, 0.25) is 0 Å². The molecule has 1 N–H and O–H groups in total. The summed E-state index contributed by atoms with van der Waals surface area (Å²) >= 11 is 0. The number of aromatic nitrogens is 2. The first kappa shape index (κ1) is 26.7. The van der Waals surface area contributed by atoms with Crippen molar-refractivity contribution in [1.82, 2.24) is 14.7 Å². The summed E-state index contributed by atoms with van der Waals surface area (Å²) in [5, 5.41) is 7.50. The molecular formula is C29H27F3N4O2. The summed E-state index contributed by atoms with van der Waals surface area (Å²) in [6.07, 6.45) is -3.23. The van der Waals surface area contributed by atoms with Crippen LogP contribution in [0.3, 0.4) is 0 Å². The van der Waals surface area contributed by atoms with Crippen molar-refractivity contribution in [1.29, 1.82) is 0 Å². The molecule has 0 saturated heterocycles. The van der Waals surface area contributed by atoms with Crippen LogP contribution in [0.4, 0.5) is 19.0 Å². The van der Waals surface area contributed by atoms with Gasteiger partial charge in [-0.25, -0.2) is 4.68 Å². The Bertz CT molecular complexity index is 1390. The topological polar surface area (TPSA) is 67.2 Å². The molecule has 0 unspecified atom stereocenters. The van der Waals surface area contributed by atoms with Crippen molar-refractivity contribution < 1.29 is 22.8 Å². The summed E-state index contributed by atoms with van der Waals surface area (Å²) in [5.41, 5.74) is 1.20. The molecule has 38 heavy (non-hydrogen) atoms. The van der Waals surface area contributed by atoms with Crippen molar-refractivity contribution in [2.24, 2.45) is 0 Å². The fraction of sp³-hybridized carbons (Fsp3) is 0.207. The summed E-state index contributed by atoms with van der Waals surface area (Å²) in [5.74, 6) is -0.721. The SMILES string of the molecule is CCCCN(CC(=O)Nc1cc(-c2ccccc2)nn1-c1ccccc1)C(=O)c1cccc(C(F)(F)F)c1. The molecule has 0 bridgehead atoms. The van der Waals surface area contributed by atoms with Crippen LogP contribution in [0.25, 0.3) is 16.9 Å². The Balaban J connectivity index is 1.59. The van der Waals surface area contributed by atoms with E-state index in [4.69, 9.17) is 0 Å². The van der Waals surface area contributed by atoms with Gasteiger partial charge in [-0.1, -0.05) is 67.9 Å². The quantitative estimate of drug-likeness (QED) is 0.276. The lowest BCUT2D eigenvalue weighted by Gasteiger charge is -2.22. The van der Waals surface area contributed by atoms with Gasteiger partial charge in [0.15, 0.2) is 0 Å². The van der Waals surface area contributed by atoms with Gasteiger partial charge in [-0.05, 0) is 36.8 Å². The van der Waals surface area contributed by atoms with Gasteiger partial charge in [0.1, 0.15) is 12.4 Å². The Morgan fingerprint density at radius 2 is 1.61 bits per heavy atom. The molecule has 4 rings (SSSR count). The summed E-state index contributed by atoms with van der Waals surface area (Å²) < 4.78 is 41.2. The normalized spacial score (nSPS) is 11.3. The summed E-state index contributed by atoms with van der Waals surface area (Å²) in [6.45, 7) is 1.83. The number of alkyl halides is 3. The fourth-order valence-corrected chi connectivity index (χ4v) is 3.95. The van der Waals surface area contributed by atoms with Crippen LogP contribution in [-0.4, -0.2) is 39.6 Å². The average molecular weight is 521 g/mol. The minimum absolute atomic E-state index is 0.121. The molecule has 2 amide bonds. The Morgan fingerprint density at radius 1 is 0.921 bits per heavy atom. The number of hydrogen-bond acceptors (Lipinski definition) is 3.